The van der Waals surface area contributed by atoms with E-state index >= 15 is 0 Å². The first-order valence-corrected chi connectivity index (χ1v) is 19.1. The number of aliphatic hydroxyl groups is 1. The molecule has 7 amide bonds. The molecule has 0 aliphatic carbocycles. The molecule has 0 heterocycles. The maximum Gasteiger partial charge on any atom is 0.326 e. The molecule has 0 saturated heterocycles. The molecule has 0 aromatic rings. The third kappa shape index (κ3) is 23.7. The van der Waals surface area contributed by atoms with Gasteiger partial charge >= 0.3 is 17.9 Å². The van der Waals surface area contributed by atoms with Gasteiger partial charge in [-0.1, -0.05) is 13.8 Å². The van der Waals surface area contributed by atoms with Crippen molar-refractivity contribution < 1.29 is 68.4 Å². The molecule has 62 heavy (non-hydrogen) atoms. The number of amides is 7. The van der Waals surface area contributed by atoms with Crippen molar-refractivity contribution in [1.82, 2.24) is 31.9 Å². The van der Waals surface area contributed by atoms with Crippen molar-refractivity contribution in [1.29, 1.82) is 0 Å². The third-order valence-electron chi connectivity index (χ3n) is 8.35. The first-order chi connectivity index (χ1) is 28.9. The number of aliphatic hydroxyl groups excluding tert-OH is 1. The second-order valence-corrected chi connectivity index (χ2v) is 14.2. The Kier molecular flexibility index (Phi) is 25.4. The monoisotopic (exact) mass is 888 g/mol. The molecular formula is C34H60N14O14. The molecule has 28 heteroatoms. The van der Waals surface area contributed by atoms with Crippen molar-refractivity contribution >= 4 is 71.2 Å². The van der Waals surface area contributed by atoms with Gasteiger partial charge in [0.05, 0.1) is 25.5 Å². The summed E-state index contributed by atoms with van der Waals surface area (Å²) in [6.07, 6.45) is -3.08. The molecule has 0 spiro atoms. The molecule has 0 unspecified atom stereocenters. The molecule has 0 aromatic heterocycles. The number of primary amides is 1. The minimum atomic E-state index is -1.99. The van der Waals surface area contributed by atoms with E-state index < -0.39 is 134 Å². The van der Waals surface area contributed by atoms with E-state index in [1.807, 2.05) is 0 Å². The highest BCUT2D eigenvalue weighted by molar-refractivity contribution is 5.99. The van der Waals surface area contributed by atoms with Crippen LogP contribution in [0, 0.1) is 5.92 Å². The minimum absolute atomic E-state index is 0.0282. The summed E-state index contributed by atoms with van der Waals surface area (Å²) < 4.78 is 0. The van der Waals surface area contributed by atoms with Crippen LogP contribution in [0.1, 0.15) is 71.6 Å². The van der Waals surface area contributed by atoms with Crippen LogP contribution in [0.5, 0.6) is 0 Å². The van der Waals surface area contributed by atoms with Crippen LogP contribution < -0.4 is 66.3 Å². The largest absolute Gasteiger partial charge is 0.481 e. The molecule has 0 aliphatic heterocycles. The number of aliphatic imine (C=N–C) groups is 2. The summed E-state index contributed by atoms with van der Waals surface area (Å²) in [6.45, 7) is 2.38. The number of hydrogen-bond acceptors (Lipinski definition) is 14. The highest BCUT2D eigenvalue weighted by Gasteiger charge is 2.35. The first kappa shape index (κ1) is 55.2. The zero-order valence-electron chi connectivity index (χ0n) is 34.3. The summed E-state index contributed by atoms with van der Waals surface area (Å²) in [4.78, 5) is 134. The van der Waals surface area contributed by atoms with Crippen LogP contribution in [-0.4, -0.2) is 154 Å². The molecule has 0 fully saturated rings. The number of hydrogen-bond donors (Lipinski definition) is 16. The fourth-order valence-electron chi connectivity index (χ4n) is 5.28. The number of guanidine groups is 2. The van der Waals surface area contributed by atoms with Crippen LogP contribution in [0.4, 0.5) is 0 Å². The minimum Gasteiger partial charge on any atom is -0.481 e. The zero-order valence-corrected chi connectivity index (χ0v) is 34.3. The molecule has 28 nitrogen and oxygen atoms in total. The fourth-order valence-corrected chi connectivity index (χ4v) is 5.28. The van der Waals surface area contributed by atoms with Gasteiger partial charge in [-0.3, -0.25) is 53.1 Å². The van der Waals surface area contributed by atoms with Gasteiger partial charge in [-0.2, -0.15) is 0 Å². The Labute approximate surface area is 355 Å². The van der Waals surface area contributed by atoms with Crippen LogP contribution in [0.25, 0.3) is 0 Å². The number of nitrogens with two attached hydrogens (primary N) is 6. The van der Waals surface area contributed by atoms with Crippen LogP contribution >= 0.6 is 0 Å². The van der Waals surface area contributed by atoms with Crippen molar-refractivity contribution in [3.63, 3.8) is 0 Å². The summed E-state index contributed by atoms with van der Waals surface area (Å²) in [5.41, 5.74) is 32.3. The Balaban J connectivity index is 6.31. The summed E-state index contributed by atoms with van der Waals surface area (Å²) in [6, 6.07) is -11.5. The van der Waals surface area contributed by atoms with Crippen molar-refractivity contribution in [3.8, 4) is 0 Å². The fraction of sp³-hybridized carbons (Fsp3) is 0.647. The lowest BCUT2D eigenvalue weighted by Crippen LogP contribution is -2.60. The van der Waals surface area contributed by atoms with E-state index in [0.29, 0.717) is 0 Å². The predicted octanol–water partition coefficient (Wildman–Crippen LogP) is -7.33. The Hall–Kier alpha value is -6.84. The lowest BCUT2D eigenvalue weighted by Gasteiger charge is -2.27. The average Bonchev–Trinajstić information content (AvgIpc) is 3.15. The Morgan fingerprint density at radius 1 is 0.516 bits per heavy atom. The van der Waals surface area contributed by atoms with Gasteiger partial charge in [0.1, 0.15) is 36.3 Å². The number of rotatable bonds is 31. The lowest BCUT2D eigenvalue weighted by molar-refractivity contribution is -0.144. The van der Waals surface area contributed by atoms with Crippen LogP contribution in [-0.2, 0) is 47.9 Å². The number of carboxylic acids is 3. The van der Waals surface area contributed by atoms with Gasteiger partial charge in [0.2, 0.25) is 41.4 Å². The molecule has 0 aromatic carbocycles. The van der Waals surface area contributed by atoms with Crippen molar-refractivity contribution in [3.05, 3.63) is 0 Å². The van der Waals surface area contributed by atoms with E-state index in [2.05, 4.69) is 41.9 Å². The molecule has 0 aliphatic rings. The number of nitrogens with zero attached hydrogens (tertiary/aromatic N) is 2. The van der Waals surface area contributed by atoms with Gasteiger partial charge in [0.25, 0.3) is 0 Å². The number of carboxylic acid groups (broad SMARTS) is 3. The van der Waals surface area contributed by atoms with Gasteiger partial charge in [-0.05, 0) is 44.4 Å². The number of aliphatic carboxylic acids is 3. The van der Waals surface area contributed by atoms with Crippen molar-refractivity contribution in [2.24, 2.45) is 50.3 Å². The Morgan fingerprint density at radius 3 is 1.39 bits per heavy atom. The Bertz CT molecular complexity index is 1650. The molecule has 350 valence electrons. The first-order valence-electron chi connectivity index (χ1n) is 19.1. The smallest absolute Gasteiger partial charge is 0.326 e. The highest BCUT2D eigenvalue weighted by Crippen LogP contribution is 2.10. The SMILES string of the molecule is CC(C)C[C@H](NC(=O)[C@H](CC(N)=O)NC(=O)[C@H](CC(=O)O)NC(=O)[C@H](CO)NC(=O)[C@@H](N)CCCN=C(N)N)C(=O)N[C@@H](CCCN=C(N)N)C(=O)N[C@@H](CCC(=O)O)C(=O)O. The molecule has 22 N–H and O–H groups in total. The average molecular weight is 889 g/mol. The van der Waals surface area contributed by atoms with E-state index in [9.17, 15) is 63.3 Å². The molecule has 7 atom stereocenters. The van der Waals surface area contributed by atoms with E-state index in [-0.39, 0.29) is 63.0 Å². The van der Waals surface area contributed by atoms with E-state index in [0.717, 1.165) is 0 Å². The van der Waals surface area contributed by atoms with Gasteiger partial charge < -0.3 is 86.7 Å². The maximum absolute atomic E-state index is 13.7. The highest BCUT2D eigenvalue weighted by atomic mass is 16.4. The molecule has 0 radical (unpaired) electrons. The summed E-state index contributed by atoms with van der Waals surface area (Å²) >= 11 is 0. The third-order valence-corrected chi connectivity index (χ3v) is 8.35. The molecule has 0 rings (SSSR count). The lowest BCUT2D eigenvalue weighted by atomic mass is 10.0. The van der Waals surface area contributed by atoms with E-state index in [1.165, 1.54) is 0 Å². The van der Waals surface area contributed by atoms with Crippen LogP contribution in [0.2, 0.25) is 0 Å². The van der Waals surface area contributed by atoms with Gasteiger partial charge in [0.15, 0.2) is 11.9 Å². The summed E-state index contributed by atoms with van der Waals surface area (Å²) in [5.74, 6) is -13.2. The van der Waals surface area contributed by atoms with Gasteiger partial charge in [0, 0.05) is 19.5 Å². The number of carbonyl (C=O) groups excluding carboxylic acids is 7. The van der Waals surface area contributed by atoms with Crippen LogP contribution in [0.3, 0.4) is 0 Å². The van der Waals surface area contributed by atoms with Crippen molar-refractivity contribution in [2.75, 3.05) is 19.7 Å². The summed E-state index contributed by atoms with van der Waals surface area (Å²) in [5, 5.41) is 51.1. The topological polar surface area (TPSA) is 505 Å². The van der Waals surface area contributed by atoms with Crippen LogP contribution in [0.15, 0.2) is 9.98 Å². The number of carbonyl (C=O) groups is 10. The van der Waals surface area contributed by atoms with E-state index in [1.54, 1.807) is 13.8 Å². The predicted molar refractivity (Wildman–Crippen MR) is 216 cm³/mol. The second-order valence-electron chi connectivity index (χ2n) is 14.2. The molecule has 0 bridgehead atoms. The normalized spacial score (nSPS) is 14.1. The van der Waals surface area contributed by atoms with Gasteiger partial charge in [-0.15, -0.1) is 0 Å². The molecule has 0 saturated carbocycles. The van der Waals surface area contributed by atoms with Gasteiger partial charge in [-0.25, -0.2) is 4.79 Å². The number of nitrogens with one attached hydrogen (secondary N) is 6. The zero-order chi connectivity index (χ0) is 47.7. The van der Waals surface area contributed by atoms with E-state index in [4.69, 9.17) is 39.5 Å². The standard InChI is InChI=1S/C34H60N14O14/c1-15(2)11-19(28(57)43-17(6-4-10-42-34(39)40)27(56)44-18(32(61)62)7-8-24(51)52)45-29(58)20(12-23(36)50)46-30(59)21(13-25(53)54)47-31(60)22(14-49)48-26(55)16(35)5-3-9-41-33(37)38/h15-22,49H,3-14,35H2,1-2H3,(H2,36,50)(H,43,57)(H,44,56)(H,45,58)(H,46,59)(H,47,60)(H,48,55)(H,51,52)(H,53,54)(H,61,62)(H4,37,38,41)(H4,39,40,42)/t16-,17-,18-,19-,20-,21-,22-/m0/s1. The maximum atomic E-state index is 13.7. The second kappa shape index (κ2) is 28.6. The summed E-state index contributed by atoms with van der Waals surface area (Å²) in [7, 11) is 0. The Morgan fingerprint density at radius 2 is 0.935 bits per heavy atom. The quantitative estimate of drug-likeness (QED) is 0.0175. The molecular weight excluding hydrogens is 828 g/mol. The van der Waals surface area contributed by atoms with Crippen molar-refractivity contribution in [2.45, 2.75) is 114 Å².